The molecule has 0 bridgehead atoms. The molecule has 2 rings (SSSR count). The van der Waals surface area contributed by atoms with Gasteiger partial charge in [0.1, 0.15) is 5.69 Å². The highest BCUT2D eigenvalue weighted by molar-refractivity contribution is 7.99. The summed E-state index contributed by atoms with van der Waals surface area (Å²) in [5.41, 5.74) is 0.697. The van der Waals surface area contributed by atoms with Crippen molar-refractivity contribution in [3.8, 4) is 11.5 Å². The fourth-order valence-corrected chi connectivity index (χ4v) is 1.91. The molecule has 0 saturated carbocycles. The van der Waals surface area contributed by atoms with Gasteiger partial charge in [0.25, 0.3) is 0 Å². The van der Waals surface area contributed by atoms with Crippen molar-refractivity contribution in [1.29, 1.82) is 0 Å². The molecule has 0 atom stereocenters. The van der Waals surface area contributed by atoms with Crippen LogP contribution in [0.25, 0.3) is 11.5 Å². The van der Waals surface area contributed by atoms with Gasteiger partial charge < -0.3 is 14.5 Å². The largest absolute Gasteiger partial charge is 0.549 e. The summed E-state index contributed by atoms with van der Waals surface area (Å²) in [6.45, 7) is 0. The van der Waals surface area contributed by atoms with E-state index in [-0.39, 0.29) is 5.75 Å². The summed E-state index contributed by atoms with van der Waals surface area (Å²) in [4.78, 5) is 14.5. The molecule has 17 heavy (non-hydrogen) atoms. The van der Waals surface area contributed by atoms with Crippen molar-refractivity contribution in [3.63, 3.8) is 0 Å². The third-order valence-electron chi connectivity index (χ3n) is 2.05. The van der Waals surface area contributed by atoms with Crippen molar-refractivity contribution >= 4 is 17.7 Å². The van der Waals surface area contributed by atoms with Crippen LogP contribution in [0.1, 0.15) is 0 Å². The number of pyridine rings is 1. The summed E-state index contributed by atoms with van der Waals surface area (Å²) in [6, 6.07) is 5.48. The lowest BCUT2D eigenvalue weighted by Gasteiger charge is -2.03. The maximum Gasteiger partial charge on any atom is 0.191 e. The number of carboxylic acid groups (broad SMARTS) is 1. The van der Waals surface area contributed by atoms with Crippen LogP contribution >= 0.6 is 11.8 Å². The summed E-state index contributed by atoms with van der Waals surface area (Å²) >= 11 is 1.07. The molecule has 0 aliphatic carbocycles. The highest BCUT2D eigenvalue weighted by Crippen LogP contribution is 2.20. The summed E-state index contributed by atoms with van der Waals surface area (Å²) in [7, 11) is 1.77. The third kappa shape index (κ3) is 2.62. The maximum absolute atomic E-state index is 10.4. The van der Waals surface area contributed by atoms with E-state index in [0.717, 1.165) is 11.8 Å². The Kier molecular flexibility index (Phi) is 3.38. The van der Waals surface area contributed by atoms with Gasteiger partial charge in [0, 0.05) is 19.0 Å². The first-order valence-corrected chi connectivity index (χ1v) is 5.80. The van der Waals surface area contributed by atoms with Gasteiger partial charge in [-0.3, -0.25) is 4.98 Å². The summed E-state index contributed by atoms with van der Waals surface area (Å²) in [5.74, 6) is -0.669. The Bertz CT molecular complexity index is 526. The maximum atomic E-state index is 10.4. The number of carbonyl (C=O) groups excluding carboxylic acids is 1. The van der Waals surface area contributed by atoms with Crippen LogP contribution in [0.15, 0.2) is 29.6 Å². The molecule has 0 saturated heterocycles. The molecular formula is C10H9N4O2S-. The highest BCUT2D eigenvalue weighted by atomic mass is 32.2. The monoisotopic (exact) mass is 249 g/mol. The number of thioether (sulfide) groups is 1. The molecule has 0 unspecified atom stereocenters. The van der Waals surface area contributed by atoms with Gasteiger partial charge in [0.15, 0.2) is 11.0 Å². The Morgan fingerprint density at radius 1 is 1.47 bits per heavy atom. The quantitative estimate of drug-likeness (QED) is 0.693. The fraction of sp³-hybridized carbons (Fsp3) is 0.200. The van der Waals surface area contributed by atoms with Crippen molar-refractivity contribution in [1.82, 2.24) is 19.7 Å². The number of aromatic nitrogens is 4. The van der Waals surface area contributed by atoms with Crippen LogP contribution in [-0.2, 0) is 11.8 Å². The minimum Gasteiger partial charge on any atom is -0.549 e. The van der Waals surface area contributed by atoms with Crippen LogP contribution in [0.4, 0.5) is 0 Å². The molecule has 2 aromatic rings. The number of aliphatic carboxylic acids is 1. The van der Waals surface area contributed by atoms with Gasteiger partial charge in [-0.15, -0.1) is 10.2 Å². The van der Waals surface area contributed by atoms with Gasteiger partial charge in [-0.05, 0) is 12.1 Å². The zero-order valence-electron chi connectivity index (χ0n) is 9.03. The van der Waals surface area contributed by atoms with Gasteiger partial charge in [-0.25, -0.2) is 0 Å². The van der Waals surface area contributed by atoms with Crippen molar-refractivity contribution in [2.24, 2.45) is 7.05 Å². The SMILES string of the molecule is Cn1c(SCC(=O)[O-])nnc1-c1ccccn1. The van der Waals surface area contributed by atoms with Crippen molar-refractivity contribution in [2.45, 2.75) is 5.16 Å². The van der Waals surface area contributed by atoms with Crippen molar-refractivity contribution in [3.05, 3.63) is 24.4 Å². The minimum absolute atomic E-state index is 0.145. The highest BCUT2D eigenvalue weighted by Gasteiger charge is 2.11. The molecule has 0 aromatic carbocycles. The average molecular weight is 249 g/mol. The summed E-state index contributed by atoms with van der Waals surface area (Å²) in [5, 5.41) is 18.8. The zero-order valence-corrected chi connectivity index (χ0v) is 9.85. The average Bonchev–Trinajstić information content (AvgIpc) is 2.69. The topological polar surface area (TPSA) is 83.7 Å². The minimum atomic E-state index is -1.13. The number of hydrogen-bond donors (Lipinski definition) is 0. The van der Waals surface area contributed by atoms with Crippen LogP contribution in [0.5, 0.6) is 0 Å². The number of hydrogen-bond acceptors (Lipinski definition) is 6. The molecule has 88 valence electrons. The molecule has 0 amide bonds. The lowest BCUT2D eigenvalue weighted by Crippen LogP contribution is -2.24. The van der Waals surface area contributed by atoms with Crippen LogP contribution in [-0.4, -0.2) is 31.5 Å². The van der Waals surface area contributed by atoms with E-state index in [1.807, 2.05) is 18.2 Å². The standard InChI is InChI=1S/C10H10N4O2S/c1-14-9(7-4-2-3-5-11-7)12-13-10(14)17-6-8(15)16/h2-5H,6H2,1H3,(H,15,16)/p-1. The first-order chi connectivity index (χ1) is 8.18. The number of nitrogens with zero attached hydrogens (tertiary/aromatic N) is 4. The lowest BCUT2D eigenvalue weighted by molar-refractivity contribution is -0.301. The Labute approximate surface area is 102 Å². The molecule has 6 nitrogen and oxygen atoms in total. The van der Waals surface area contributed by atoms with Gasteiger partial charge in [0.2, 0.25) is 0 Å². The fourth-order valence-electron chi connectivity index (χ4n) is 1.28. The molecule has 0 spiro atoms. The van der Waals surface area contributed by atoms with Crippen molar-refractivity contribution < 1.29 is 9.90 Å². The molecular weight excluding hydrogens is 240 g/mol. The van der Waals surface area contributed by atoms with Gasteiger partial charge in [0.05, 0.1) is 5.97 Å². The van der Waals surface area contributed by atoms with Crippen molar-refractivity contribution in [2.75, 3.05) is 5.75 Å². The van der Waals surface area contributed by atoms with E-state index in [2.05, 4.69) is 15.2 Å². The molecule has 0 aliphatic rings. The van der Waals surface area contributed by atoms with Crippen LogP contribution in [0.2, 0.25) is 0 Å². The smallest absolute Gasteiger partial charge is 0.191 e. The zero-order chi connectivity index (χ0) is 12.3. The molecule has 0 aliphatic heterocycles. The molecule has 0 fully saturated rings. The second kappa shape index (κ2) is 4.96. The summed E-state index contributed by atoms with van der Waals surface area (Å²) < 4.78 is 1.70. The van der Waals surface area contributed by atoms with E-state index in [1.54, 1.807) is 17.8 Å². The molecule has 2 aromatic heterocycles. The molecule has 2 heterocycles. The van der Waals surface area contributed by atoms with E-state index in [4.69, 9.17) is 0 Å². The first kappa shape index (κ1) is 11.6. The Balaban J connectivity index is 2.24. The predicted octanol–water partition coefficient (Wildman–Crippen LogP) is -0.281. The van der Waals surface area contributed by atoms with E-state index in [9.17, 15) is 9.90 Å². The normalized spacial score (nSPS) is 10.4. The Morgan fingerprint density at radius 2 is 2.29 bits per heavy atom. The lowest BCUT2D eigenvalue weighted by atomic mass is 10.3. The van der Waals surface area contributed by atoms with E-state index in [1.165, 1.54) is 0 Å². The Morgan fingerprint density at radius 3 is 2.94 bits per heavy atom. The second-order valence-corrected chi connectivity index (χ2v) is 4.18. The number of carbonyl (C=O) groups is 1. The van der Waals surface area contributed by atoms with E-state index in [0.29, 0.717) is 16.7 Å². The van der Waals surface area contributed by atoms with Crippen LogP contribution in [0, 0.1) is 0 Å². The van der Waals surface area contributed by atoms with Gasteiger partial charge in [-0.1, -0.05) is 17.8 Å². The molecule has 7 heteroatoms. The second-order valence-electron chi connectivity index (χ2n) is 3.24. The predicted molar refractivity (Wildman–Crippen MR) is 60.0 cm³/mol. The van der Waals surface area contributed by atoms with Crippen LogP contribution < -0.4 is 5.11 Å². The van der Waals surface area contributed by atoms with E-state index >= 15 is 0 Å². The Hall–Kier alpha value is -1.89. The van der Waals surface area contributed by atoms with E-state index < -0.39 is 5.97 Å². The van der Waals surface area contributed by atoms with Gasteiger partial charge in [-0.2, -0.15) is 0 Å². The summed E-state index contributed by atoms with van der Waals surface area (Å²) in [6.07, 6.45) is 1.66. The first-order valence-electron chi connectivity index (χ1n) is 4.82. The van der Waals surface area contributed by atoms with Crippen LogP contribution in [0.3, 0.4) is 0 Å². The third-order valence-corrected chi connectivity index (χ3v) is 3.04. The molecule has 0 N–H and O–H groups in total. The number of rotatable bonds is 4. The number of carboxylic acids is 1. The molecule has 0 radical (unpaired) electrons. The van der Waals surface area contributed by atoms with Gasteiger partial charge >= 0.3 is 0 Å².